The van der Waals surface area contributed by atoms with E-state index in [1.807, 2.05) is 30.3 Å². The summed E-state index contributed by atoms with van der Waals surface area (Å²) in [5.74, 6) is 1.09. The maximum Gasteiger partial charge on any atom is 0.244 e. The van der Waals surface area contributed by atoms with E-state index in [0.29, 0.717) is 17.9 Å². The molecule has 0 radical (unpaired) electrons. The number of hydrogen-bond donors (Lipinski definition) is 1. The van der Waals surface area contributed by atoms with Crippen LogP contribution in [0.25, 0.3) is 11.0 Å². The molecule has 0 fully saturated rings. The molecule has 0 amide bonds. The van der Waals surface area contributed by atoms with Crippen molar-refractivity contribution < 1.29 is 17.6 Å². The molecule has 1 aromatic heterocycles. The smallest absolute Gasteiger partial charge is 0.244 e. The van der Waals surface area contributed by atoms with Crippen molar-refractivity contribution in [3.05, 3.63) is 59.3 Å². The first-order valence-corrected chi connectivity index (χ1v) is 9.66. The molecule has 0 saturated heterocycles. The lowest BCUT2D eigenvalue weighted by atomic mass is 10.2. The highest BCUT2D eigenvalue weighted by Crippen LogP contribution is 2.27. The molecule has 1 heterocycles. The minimum Gasteiger partial charge on any atom is -0.495 e. The zero-order valence-electron chi connectivity index (χ0n) is 13.7. The molecule has 0 unspecified atom stereocenters. The number of methoxy groups -OCH3 is 1. The molecule has 2 aromatic carbocycles. The molecule has 132 valence electrons. The summed E-state index contributed by atoms with van der Waals surface area (Å²) in [6.45, 7) is 0.287. The van der Waals surface area contributed by atoms with E-state index in [2.05, 4.69) is 4.72 Å². The molecule has 1 N–H and O–H groups in total. The van der Waals surface area contributed by atoms with Crippen LogP contribution in [-0.4, -0.2) is 22.1 Å². The fourth-order valence-corrected chi connectivity index (χ4v) is 4.07. The second-order valence-corrected chi connectivity index (χ2v) is 7.72. The lowest BCUT2D eigenvalue weighted by Gasteiger charge is -2.10. The van der Waals surface area contributed by atoms with Gasteiger partial charge in [-0.05, 0) is 36.8 Å². The normalized spacial score (nSPS) is 11.8. The van der Waals surface area contributed by atoms with Gasteiger partial charge in [-0.3, -0.25) is 0 Å². The van der Waals surface area contributed by atoms with E-state index in [9.17, 15) is 8.42 Å². The van der Waals surface area contributed by atoms with E-state index in [1.165, 1.54) is 19.2 Å². The second kappa shape index (κ2) is 7.47. The molecule has 7 heteroatoms. The first-order valence-electron chi connectivity index (χ1n) is 7.80. The third-order valence-corrected chi connectivity index (χ3v) is 5.50. The Morgan fingerprint density at radius 1 is 1.16 bits per heavy atom. The first-order chi connectivity index (χ1) is 12.0. The Balaban J connectivity index is 1.62. The van der Waals surface area contributed by atoms with Gasteiger partial charge in [-0.1, -0.05) is 29.8 Å². The Labute approximate surface area is 151 Å². The highest BCUT2D eigenvalue weighted by atomic mass is 35.5. The number of rotatable bonds is 7. The van der Waals surface area contributed by atoms with Crippen LogP contribution in [0.5, 0.6) is 5.75 Å². The Morgan fingerprint density at radius 2 is 1.96 bits per heavy atom. The number of fused-ring (bicyclic) bond motifs is 1. The van der Waals surface area contributed by atoms with Crippen molar-refractivity contribution in [2.24, 2.45) is 0 Å². The maximum absolute atomic E-state index is 12.4. The van der Waals surface area contributed by atoms with Gasteiger partial charge in [-0.15, -0.1) is 0 Å². The molecule has 3 aromatic rings. The van der Waals surface area contributed by atoms with Gasteiger partial charge in [0.05, 0.1) is 7.11 Å². The van der Waals surface area contributed by atoms with Crippen LogP contribution in [0.3, 0.4) is 0 Å². The fraction of sp³-hybridized carbons (Fsp3) is 0.222. The zero-order valence-corrected chi connectivity index (χ0v) is 15.2. The van der Waals surface area contributed by atoms with Crippen LogP contribution in [0.1, 0.15) is 12.2 Å². The minimum absolute atomic E-state index is 0.0336. The number of ether oxygens (including phenoxy) is 1. The number of halogens is 1. The summed E-state index contributed by atoms with van der Waals surface area (Å²) in [4.78, 5) is 0.0336. The van der Waals surface area contributed by atoms with Crippen LogP contribution in [0.2, 0.25) is 5.02 Å². The number of hydrogen-bond acceptors (Lipinski definition) is 4. The molecular weight excluding hydrogens is 362 g/mol. The van der Waals surface area contributed by atoms with E-state index >= 15 is 0 Å². The lowest BCUT2D eigenvalue weighted by molar-refractivity contribution is 0.402. The number of para-hydroxylation sites is 1. The van der Waals surface area contributed by atoms with Crippen molar-refractivity contribution in [3.8, 4) is 5.75 Å². The van der Waals surface area contributed by atoms with Crippen molar-refractivity contribution in [1.82, 2.24) is 4.72 Å². The lowest BCUT2D eigenvalue weighted by Crippen LogP contribution is -2.25. The van der Waals surface area contributed by atoms with Gasteiger partial charge in [-0.2, -0.15) is 0 Å². The standard InChI is InChI=1S/C18H18ClNO4S/c1-23-17-9-8-14(19)12-18(17)25(21,22)20-10-4-6-15-11-13-5-2-3-7-16(13)24-15/h2-3,5,7-9,11-12,20H,4,6,10H2,1H3. The number of aryl methyl sites for hydroxylation is 1. The number of sulfonamides is 1. The second-order valence-electron chi connectivity index (χ2n) is 5.55. The van der Waals surface area contributed by atoms with Crippen LogP contribution >= 0.6 is 11.6 Å². The van der Waals surface area contributed by atoms with Crippen molar-refractivity contribution in [2.45, 2.75) is 17.7 Å². The van der Waals surface area contributed by atoms with Crippen LogP contribution < -0.4 is 9.46 Å². The molecule has 0 aliphatic heterocycles. The SMILES string of the molecule is COc1ccc(Cl)cc1S(=O)(=O)NCCCc1cc2ccccc2o1. The molecule has 3 rings (SSSR count). The molecule has 0 aliphatic carbocycles. The number of benzene rings is 2. The van der Waals surface area contributed by atoms with Gasteiger partial charge >= 0.3 is 0 Å². The maximum atomic E-state index is 12.4. The summed E-state index contributed by atoms with van der Waals surface area (Å²) in [5, 5.41) is 1.38. The Kier molecular flexibility index (Phi) is 5.32. The van der Waals surface area contributed by atoms with Crippen LogP contribution in [-0.2, 0) is 16.4 Å². The Hall–Kier alpha value is -2.02. The first kappa shape index (κ1) is 17.8. The third-order valence-electron chi connectivity index (χ3n) is 3.78. The van der Waals surface area contributed by atoms with Gasteiger partial charge < -0.3 is 9.15 Å². The van der Waals surface area contributed by atoms with Crippen LogP contribution in [0, 0.1) is 0 Å². The van der Waals surface area contributed by atoms with E-state index in [-0.39, 0.29) is 17.2 Å². The average molecular weight is 380 g/mol. The molecule has 0 saturated carbocycles. The van der Waals surface area contributed by atoms with Gasteiger partial charge in [0, 0.05) is 23.4 Å². The number of nitrogens with one attached hydrogen (secondary N) is 1. The fourth-order valence-electron chi connectivity index (χ4n) is 2.57. The van der Waals surface area contributed by atoms with Crippen LogP contribution in [0.15, 0.2) is 57.8 Å². The van der Waals surface area contributed by atoms with E-state index in [1.54, 1.807) is 6.07 Å². The van der Waals surface area contributed by atoms with Gasteiger partial charge in [0.2, 0.25) is 10.0 Å². The van der Waals surface area contributed by atoms with Crippen LogP contribution in [0.4, 0.5) is 0 Å². The highest BCUT2D eigenvalue weighted by Gasteiger charge is 2.19. The van der Waals surface area contributed by atoms with Crippen molar-refractivity contribution in [3.63, 3.8) is 0 Å². The Bertz CT molecular complexity index is 949. The van der Waals surface area contributed by atoms with Gasteiger partial charge in [0.25, 0.3) is 0 Å². The van der Waals surface area contributed by atoms with Gasteiger partial charge in [0.1, 0.15) is 22.0 Å². The molecule has 0 atom stereocenters. The molecule has 0 aliphatic rings. The summed E-state index contributed by atoms with van der Waals surface area (Å²) in [6.07, 6.45) is 1.26. The molecule has 0 spiro atoms. The largest absolute Gasteiger partial charge is 0.495 e. The van der Waals surface area contributed by atoms with Gasteiger partial charge in [-0.25, -0.2) is 13.1 Å². The highest BCUT2D eigenvalue weighted by molar-refractivity contribution is 7.89. The monoisotopic (exact) mass is 379 g/mol. The van der Waals surface area contributed by atoms with Crippen molar-refractivity contribution in [2.75, 3.05) is 13.7 Å². The van der Waals surface area contributed by atoms with Crippen molar-refractivity contribution in [1.29, 1.82) is 0 Å². The summed E-state index contributed by atoms with van der Waals surface area (Å²) >= 11 is 5.90. The minimum atomic E-state index is -3.69. The summed E-state index contributed by atoms with van der Waals surface area (Å²) in [7, 11) is -2.27. The summed E-state index contributed by atoms with van der Waals surface area (Å²) < 4.78 is 38.3. The Morgan fingerprint density at radius 3 is 2.72 bits per heavy atom. The topological polar surface area (TPSA) is 68.5 Å². The third kappa shape index (κ3) is 4.15. The van der Waals surface area contributed by atoms with Crippen molar-refractivity contribution >= 4 is 32.6 Å². The average Bonchev–Trinajstić information content (AvgIpc) is 3.01. The summed E-state index contributed by atoms with van der Waals surface area (Å²) in [6, 6.07) is 14.2. The molecule has 0 bridgehead atoms. The molecule has 5 nitrogen and oxygen atoms in total. The number of furan rings is 1. The quantitative estimate of drug-likeness (QED) is 0.630. The van der Waals surface area contributed by atoms with E-state index in [0.717, 1.165) is 16.7 Å². The zero-order chi connectivity index (χ0) is 17.9. The molecule has 25 heavy (non-hydrogen) atoms. The molecular formula is C18H18ClNO4S. The predicted molar refractivity (Wildman–Crippen MR) is 97.7 cm³/mol. The van der Waals surface area contributed by atoms with Gasteiger partial charge in [0.15, 0.2) is 0 Å². The van der Waals surface area contributed by atoms with E-state index < -0.39 is 10.0 Å². The predicted octanol–water partition coefficient (Wildman–Crippen LogP) is 4.01. The summed E-state index contributed by atoms with van der Waals surface area (Å²) in [5.41, 5.74) is 0.835. The van der Waals surface area contributed by atoms with E-state index in [4.69, 9.17) is 20.8 Å².